The Morgan fingerprint density at radius 3 is 2.72 bits per heavy atom. The fraction of sp³-hybridized carbons (Fsp3) is 0.308. The van der Waals surface area contributed by atoms with Crippen LogP contribution in [0.15, 0.2) is 24.5 Å². The molecule has 0 aliphatic rings. The van der Waals surface area contributed by atoms with Crippen molar-refractivity contribution >= 4 is 17.4 Å². The van der Waals surface area contributed by atoms with Crippen LogP contribution in [0.4, 0.5) is 5.82 Å². The van der Waals surface area contributed by atoms with E-state index in [0.717, 1.165) is 16.9 Å². The number of hydrogen-bond acceptors (Lipinski definition) is 4. The van der Waals surface area contributed by atoms with Gasteiger partial charge in [0.15, 0.2) is 0 Å². The third-order valence-electron chi connectivity index (χ3n) is 2.74. The number of aryl methyl sites for hydroxylation is 1. The smallest absolute Gasteiger partial charge is 0.137 e. The fourth-order valence-corrected chi connectivity index (χ4v) is 1.87. The van der Waals surface area contributed by atoms with Gasteiger partial charge in [0.05, 0.1) is 6.04 Å². The maximum Gasteiger partial charge on any atom is 0.137 e. The maximum absolute atomic E-state index is 6.05. The van der Waals surface area contributed by atoms with Crippen molar-refractivity contribution in [2.45, 2.75) is 26.8 Å². The second-order valence-electron chi connectivity index (χ2n) is 4.19. The van der Waals surface area contributed by atoms with Crippen LogP contribution in [-0.2, 0) is 0 Å². The highest BCUT2D eigenvalue weighted by molar-refractivity contribution is 6.30. The molecule has 0 saturated carbocycles. The number of nitrogens with one attached hydrogen (secondary N) is 1. The Morgan fingerprint density at radius 2 is 2.06 bits per heavy atom. The molecule has 2 aromatic heterocycles. The second-order valence-corrected chi connectivity index (χ2v) is 4.55. The molecule has 94 valence electrons. The van der Waals surface area contributed by atoms with Crippen molar-refractivity contribution in [3.05, 3.63) is 46.6 Å². The predicted octanol–water partition coefficient (Wildman–Crippen LogP) is 3.31. The Hall–Kier alpha value is -1.68. The van der Waals surface area contributed by atoms with E-state index in [-0.39, 0.29) is 6.04 Å². The summed E-state index contributed by atoms with van der Waals surface area (Å²) in [5.41, 5.74) is 1.96. The van der Waals surface area contributed by atoms with Crippen LogP contribution < -0.4 is 5.32 Å². The molecule has 2 heterocycles. The third-order valence-corrected chi connectivity index (χ3v) is 3.10. The van der Waals surface area contributed by atoms with Crippen molar-refractivity contribution < 1.29 is 0 Å². The molecule has 1 N–H and O–H groups in total. The van der Waals surface area contributed by atoms with Crippen molar-refractivity contribution in [3.8, 4) is 0 Å². The van der Waals surface area contributed by atoms with Crippen LogP contribution in [0.5, 0.6) is 0 Å². The van der Waals surface area contributed by atoms with Crippen molar-refractivity contribution in [1.82, 2.24) is 15.0 Å². The number of pyridine rings is 1. The van der Waals surface area contributed by atoms with Gasteiger partial charge in [0.25, 0.3) is 0 Å². The van der Waals surface area contributed by atoms with Crippen LogP contribution in [0.3, 0.4) is 0 Å². The van der Waals surface area contributed by atoms with E-state index in [1.165, 1.54) is 0 Å². The van der Waals surface area contributed by atoms with Gasteiger partial charge in [-0.3, -0.25) is 4.98 Å². The van der Waals surface area contributed by atoms with Crippen molar-refractivity contribution in [1.29, 1.82) is 0 Å². The molecular weight excluding hydrogens is 248 g/mol. The van der Waals surface area contributed by atoms with Gasteiger partial charge in [0, 0.05) is 18.0 Å². The van der Waals surface area contributed by atoms with Gasteiger partial charge in [-0.25, -0.2) is 9.97 Å². The van der Waals surface area contributed by atoms with Crippen LogP contribution in [0.2, 0.25) is 5.15 Å². The van der Waals surface area contributed by atoms with Gasteiger partial charge in [-0.2, -0.15) is 0 Å². The van der Waals surface area contributed by atoms with Crippen LogP contribution >= 0.6 is 11.6 Å². The normalized spacial score (nSPS) is 12.2. The first-order valence-corrected chi connectivity index (χ1v) is 6.13. The van der Waals surface area contributed by atoms with E-state index in [2.05, 4.69) is 27.2 Å². The predicted molar refractivity (Wildman–Crippen MR) is 72.8 cm³/mol. The Bertz CT molecular complexity index is 542. The molecule has 0 spiro atoms. The van der Waals surface area contributed by atoms with E-state index >= 15 is 0 Å². The molecule has 0 bridgehead atoms. The lowest BCUT2D eigenvalue weighted by Gasteiger charge is -2.16. The second kappa shape index (κ2) is 5.31. The van der Waals surface area contributed by atoms with E-state index in [1.54, 1.807) is 6.20 Å². The van der Waals surface area contributed by atoms with Gasteiger partial charge in [-0.1, -0.05) is 17.7 Å². The summed E-state index contributed by atoms with van der Waals surface area (Å²) in [5.74, 6) is 1.43. The monoisotopic (exact) mass is 262 g/mol. The number of halogens is 1. The summed E-state index contributed by atoms with van der Waals surface area (Å²) in [6, 6.07) is 4.05. The lowest BCUT2D eigenvalue weighted by Crippen LogP contribution is -2.10. The Labute approximate surface area is 111 Å². The molecule has 4 nitrogen and oxygen atoms in total. The van der Waals surface area contributed by atoms with Gasteiger partial charge >= 0.3 is 0 Å². The fourth-order valence-electron chi connectivity index (χ4n) is 1.66. The summed E-state index contributed by atoms with van der Waals surface area (Å²) >= 11 is 6.05. The first-order valence-electron chi connectivity index (χ1n) is 5.75. The van der Waals surface area contributed by atoms with E-state index in [4.69, 9.17) is 11.6 Å². The number of hydrogen-bond donors (Lipinski definition) is 1. The zero-order valence-corrected chi connectivity index (χ0v) is 11.4. The van der Waals surface area contributed by atoms with Crippen LogP contribution in [0.1, 0.15) is 29.9 Å². The van der Waals surface area contributed by atoms with E-state index in [0.29, 0.717) is 11.0 Å². The molecule has 0 aliphatic carbocycles. The summed E-state index contributed by atoms with van der Waals surface area (Å²) in [6.07, 6.45) is 3.59. The standard InChI is InChI=1S/C13H15ClN4/c1-8-12(14)17-10(3)18-13(8)16-9(2)11-5-4-6-15-7-11/h4-7,9H,1-3H3,(H,16,17,18). The van der Waals surface area contributed by atoms with E-state index in [9.17, 15) is 0 Å². The first-order chi connectivity index (χ1) is 8.58. The highest BCUT2D eigenvalue weighted by atomic mass is 35.5. The molecule has 0 saturated heterocycles. The SMILES string of the molecule is Cc1nc(Cl)c(C)c(NC(C)c2cccnc2)n1. The Balaban J connectivity index is 2.24. The number of aromatic nitrogens is 3. The van der Waals surface area contributed by atoms with Crippen LogP contribution in [0.25, 0.3) is 0 Å². The summed E-state index contributed by atoms with van der Waals surface area (Å²) < 4.78 is 0. The highest BCUT2D eigenvalue weighted by Crippen LogP contribution is 2.23. The Kier molecular flexibility index (Phi) is 3.77. The van der Waals surface area contributed by atoms with E-state index < -0.39 is 0 Å². The zero-order chi connectivity index (χ0) is 13.1. The largest absolute Gasteiger partial charge is 0.363 e. The van der Waals surface area contributed by atoms with Gasteiger partial charge in [0.1, 0.15) is 16.8 Å². The molecule has 0 fully saturated rings. The molecule has 0 aromatic carbocycles. The summed E-state index contributed by atoms with van der Waals surface area (Å²) in [5, 5.41) is 3.82. The minimum atomic E-state index is 0.114. The van der Waals surface area contributed by atoms with Crippen LogP contribution in [0, 0.1) is 13.8 Å². The lowest BCUT2D eigenvalue weighted by atomic mass is 10.1. The average Bonchev–Trinajstić information content (AvgIpc) is 2.36. The minimum Gasteiger partial charge on any atom is -0.363 e. The number of nitrogens with zero attached hydrogens (tertiary/aromatic N) is 3. The molecule has 2 rings (SSSR count). The molecule has 0 radical (unpaired) electrons. The quantitative estimate of drug-likeness (QED) is 0.862. The molecule has 2 aromatic rings. The van der Waals surface area contributed by atoms with Crippen molar-refractivity contribution in [3.63, 3.8) is 0 Å². The summed E-state index contributed by atoms with van der Waals surface area (Å²) in [7, 11) is 0. The third kappa shape index (κ3) is 2.76. The van der Waals surface area contributed by atoms with Gasteiger partial charge in [-0.15, -0.1) is 0 Å². The zero-order valence-electron chi connectivity index (χ0n) is 10.6. The highest BCUT2D eigenvalue weighted by Gasteiger charge is 2.11. The molecule has 1 atom stereocenters. The lowest BCUT2D eigenvalue weighted by molar-refractivity contribution is 0.855. The summed E-state index contributed by atoms with van der Waals surface area (Å²) in [4.78, 5) is 12.6. The van der Waals surface area contributed by atoms with E-state index in [1.807, 2.05) is 32.2 Å². The molecule has 1 unspecified atom stereocenters. The molecule has 18 heavy (non-hydrogen) atoms. The molecular formula is C13H15ClN4. The molecule has 5 heteroatoms. The first kappa shape index (κ1) is 12.8. The number of anilines is 1. The maximum atomic E-state index is 6.05. The van der Waals surface area contributed by atoms with Gasteiger partial charge in [0.2, 0.25) is 0 Å². The Morgan fingerprint density at radius 1 is 1.28 bits per heavy atom. The average molecular weight is 263 g/mol. The molecule has 0 aliphatic heterocycles. The van der Waals surface area contributed by atoms with Crippen molar-refractivity contribution in [2.24, 2.45) is 0 Å². The van der Waals surface area contributed by atoms with Gasteiger partial charge < -0.3 is 5.32 Å². The van der Waals surface area contributed by atoms with Crippen LogP contribution in [-0.4, -0.2) is 15.0 Å². The topological polar surface area (TPSA) is 50.7 Å². The minimum absolute atomic E-state index is 0.114. The van der Waals surface area contributed by atoms with Gasteiger partial charge in [-0.05, 0) is 32.4 Å². The molecule has 0 amide bonds. The summed E-state index contributed by atoms with van der Waals surface area (Å²) in [6.45, 7) is 5.78. The number of rotatable bonds is 3. The van der Waals surface area contributed by atoms with Crippen molar-refractivity contribution in [2.75, 3.05) is 5.32 Å².